The van der Waals surface area contributed by atoms with Crippen molar-refractivity contribution in [1.82, 2.24) is 9.78 Å². The highest BCUT2D eigenvalue weighted by Crippen LogP contribution is 2.19. The van der Waals surface area contributed by atoms with Crippen LogP contribution in [0, 0.1) is 5.82 Å². The van der Waals surface area contributed by atoms with E-state index in [4.69, 9.17) is 20.8 Å². The average Bonchev–Trinajstić information content (AvgIpc) is 3.49. The number of anilines is 1. The van der Waals surface area contributed by atoms with Crippen LogP contribution >= 0.6 is 11.6 Å². The van der Waals surface area contributed by atoms with E-state index in [1.807, 2.05) is 0 Å². The summed E-state index contributed by atoms with van der Waals surface area (Å²) in [7, 11) is 1.31. The van der Waals surface area contributed by atoms with Crippen LogP contribution in [0.4, 0.5) is 10.2 Å². The van der Waals surface area contributed by atoms with Crippen molar-refractivity contribution in [3.05, 3.63) is 100 Å². The van der Waals surface area contributed by atoms with Gasteiger partial charge in [-0.3, -0.25) is 9.48 Å². The number of hydrogen-bond donors (Lipinski definition) is 1. The second kappa shape index (κ2) is 10.2. The van der Waals surface area contributed by atoms with Crippen LogP contribution in [0.15, 0.2) is 71.3 Å². The molecule has 0 bridgehead atoms. The molecule has 0 aliphatic heterocycles. The second-order valence-corrected chi connectivity index (χ2v) is 7.57. The summed E-state index contributed by atoms with van der Waals surface area (Å²) in [6.07, 6.45) is 1.67. The lowest BCUT2D eigenvalue weighted by molar-refractivity contribution is 0.0600. The molecule has 2 heterocycles. The lowest BCUT2D eigenvalue weighted by Gasteiger charge is -2.05. The van der Waals surface area contributed by atoms with Gasteiger partial charge >= 0.3 is 5.97 Å². The second-order valence-electron chi connectivity index (χ2n) is 7.16. The minimum Gasteiger partial charge on any atom is -0.486 e. The summed E-state index contributed by atoms with van der Waals surface area (Å²) in [4.78, 5) is 24.0. The number of aromatic nitrogens is 2. The fraction of sp³-hybridized carbons (Fsp3) is 0.125. The first-order chi connectivity index (χ1) is 16.4. The van der Waals surface area contributed by atoms with Crippen molar-refractivity contribution in [2.45, 2.75) is 13.2 Å². The Kier molecular flexibility index (Phi) is 6.93. The Morgan fingerprint density at radius 1 is 1.12 bits per heavy atom. The topological polar surface area (TPSA) is 95.6 Å². The van der Waals surface area contributed by atoms with Crippen molar-refractivity contribution < 1.29 is 27.9 Å². The number of amides is 1. The van der Waals surface area contributed by atoms with E-state index in [-0.39, 0.29) is 12.4 Å². The van der Waals surface area contributed by atoms with E-state index in [2.05, 4.69) is 15.2 Å². The predicted octanol–water partition coefficient (Wildman–Crippen LogP) is 4.93. The summed E-state index contributed by atoms with van der Waals surface area (Å²) in [6, 6.07) is 15.4. The highest BCUT2D eigenvalue weighted by Gasteiger charge is 2.14. The maximum atomic E-state index is 13.2. The minimum absolute atomic E-state index is 0.0933. The molecule has 4 rings (SSSR count). The van der Waals surface area contributed by atoms with Crippen LogP contribution in [0.2, 0.25) is 5.02 Å². The molecule has 4 aromatic rings. The molecule has 0 saturated heterocycles. The van der Waals surface area contributed by atoms with Crippen molar-refractivity contribution in [2.24, 2.45) is 0 Å². The molecule has 1 N–H and O–H groups in total. The lowest BCUT2D eigenvalue weighted by atomic mass is 10.2. The number of ether oxygens (including phenoxy) is 2. The van der Waals surface area contributed by atoms with Crippen LogP contribution in [0.5, 0.6) is 5.75 Å². The predicted molar refractivity (Wildman–Crippen MR) is 122 cm³/mol. The number of benzene rings is 2. The molecule has 0 aliphatic rings. The van der Waals surface area contributed by atoms with Crippen molar-refractivity contribution >= 4 is 29.3 Å². The summed E-state index contributed by atoms with van der Waals surface area (Å²) in [6.45, 7) is 0.412. The van der Waals surface area contributed by atoms with Gasteiger partial charge in [-0.15, -0.1) is 0 Å². The Hall–Kier alpha value is -4.11. The number of esters is 1. The first-order valence-electron chi connectivity index (χ1n) is 10.1. The molecule has 0 aliphatic carbocycles. The fourth-order valence-electron chi connectivity index (χ4n) is 3.06. The van der Waals surface area contributed by atoms with Crippen molar-refractivity contribution in [1.29, 1.82) is 0 Å². The summed E-state index contributed by atoms with van der Waals surface area (Å²) >= 11 is 6.05. The van der Waals surface area contributed by atoms with Gasteiger partial charge in [0.15, 0.2) is 11.6 Å². The third-order valence-corrected chi connectivity index (χ3v) is 5.12. The van der Waals surface area contributed by atoms with Crippen LogP contribution in [0.25, 0.3) is 0 Å². The van der Waals surface area contributed by atoms with Gasteiger partial charge in [-0.1, -0.05) is 17.7 Å². The number of furan rings is 1. The molecule has 0 atom stereocenters. The standard InChI is InChI=1S/C24H19ClFN3O5/c1-32-24(31)15-3-6-18(7-4-15)33-14-19-8-9-21(34-19)23(30)27-22-10-11-29(28-22)13-16-2-5-17(26)12-20(16)25/h2-12H,13-14H2,1H3,(H,27,28,30). The Morgan fingerprint density at radius 2 is 1.91 bits per heavy atom. The smallest absolute Gasteiger partial charge is 0.337 e. The zero-order valence-corrected chi connectivity index (χ0v) is 18.7. The van der Waals surface area contributed by atoms with Gasteiger partial charge in [0.1, 0.15) is 23.9 Å². The first kappa shape index (κ1) is 23.1. The summed E-state index contributed by atoms with van der Waals surface area (Å²) in [5.41, 5.74) is 1.11. The number of halogens is 2. The number of hydrogen-bond acceptors (Lipinski definition) is 6. The van der Waals surface area contributed by atoms with Crippen molar-refractivity contribution in [3.63, 3.8) is 0 Å². The molecule has 0 spiro atoms. The zero-order valence-electron chi connectivity index (χ0n) is 18.0. The quantitative estimate of drug-likeness (QED) is 0.357. The number of rotatable bonds is 8. The van der Waals surface area contributed by atoms with Gasteiger partial charge in [-0.2, -0.15) is 5.10 Å². The van der Waals surface area contributed by atoms with Gasteiger partial charge in [0.25, 0.3) is 5.91 Å². The summed E-state index contributed by atoms with van der Waals surface area (Å²) in [5, 5.41) is 7.23. The van der Waals surface area contributed by atoms with Crippen LogP contribution < -0.4 is 10.1 Å². The van der Waals surface area contributed by atoms with E-state index in [0.717, 1.165) is 0 Å². The molecular formula is C24H19ClFN3O5. The molecule has 0 fully saturated rings. The fourth-order valence-corrected chi connectivity index (χ4v) is 3.28. The van der Waals surface area contributed by atoms with E-state index in [1.165, 1.54) is 25.3 Å². The molecule has 0 radical (unpaired) electrons. The molecule has 1 amide bonds. The van der Waals surface area contributed by atoms with Gasteiger partial charge < -0.3 is 19.2 Å². The molecule has 0 saturated carbocycles. The normalized spacial score (nSPS) is 10.7. The Balaban J connectivity index is 1.31. The Labute approximate surface area is 198 Å². The van der Waals surface area contributed by atoms with E-state index in [0.29, 0.717) is 40.0 Å². The van der Waals surface area contributed by atoms with E-state index < -0.39 is 17.7 Å². The molecule has 34 heavy (non-hydrogen) atoms. The van der Waals surface area contributed by atoms with Crippen LogP contribution in [0.1, 0.15) is 32.2 Å². The maximum absolute atomic E-state index is 13.2. The van der Waals surface area contributed by atoms with E-state index in [1.54, 1.807) is 53.3 Å². The highest BCUT2D eigenvalue weighted by atomic mass is 35.5. The average molecular weight is 484 g/mol. The molecule has 2 aromatic heterocycles. The Morgan fingerprint density at radius 3 is 2.65 bits per heavy atom. The molecule has 10 heteroatoms. The third kappa shape index (κ3) is 5.62. The first-order valence-corrected chi connectivity index (χ1v) is 10.5. The van der Waals surface area contributed by atoms with Gasteiger partial charge in [0, 0.05) is 17.3 Å². The molecule has 174 valence electrons. The number of nitrogens with one attached hydrogen (secondary N) is 1. The van der Waals surface area contributed by atoms with Gasteiger partial charge in [0.2, 0.25) is 0 Å². The zero-order chi connectivity index (χ0) is 24.1. The number of nitrogens with zero attached hydrogens (tertiary/aromatic N) is 2. The van der Waals surface area contributed by atoms with Crippen LogP contribution in [-0.4, -0.2) is 28.8 Å². The monoisotopic (exact) mass is 483 g/mol. The number of methoxy groups -OCH3 is 1. The van der Waals surface area contributed by atoms with Crippen LogP contribution in [0.3, 0.4) is 0 Å². The van der Waals surface area contributed by atoms with Gasteiger partial charge in [-0.25, -0.2) is 9.18 Å². The van der Waals surface area contributed by atoms with E-state index in [9.17, 15) is 14.0 Å². The highest BCUT2D eigenvalue weighted by molar-refractivity contribution is 6.31. The SMILES string of the molecule is COC(=O)c1ccc(OCc2ccc(C(=O)Nc3ccn(Cc4ccc(F)cc4Cl)n3)o2)cc1. The van der Waals surface area contributed by atoms with Crippen molar-refractivity contribution in [2.75, 3.05) is 12.4 Å². The number of carbonyl (C=O) groups is 2. The largest absolute Gasteiger partial charge is 0.486 e. The molecule has 0 unspecified atom stereocenters. The Bertz CT molecular complexity index is 1320. The molecule has 2 aromatic carbocycles. The maximum Gasteiger partial charge on any atom is 0.337 e. The van der Waals surface area contributed by atoms with Gasteiger partial charge in [0.05, 0.1) is 19.2 Å². The van der Waals surface area contributed by atoms with Gasteiger partial charge in [-0.05, 0) is 54.1 Å². The lowest BCUT2D eigenvalue weighted by Crippen LogP contribution is -2.12. The summed E-state index contributed by atoms with van der Waals surface area (Å²) < 4.78 is 30.6. The number of carbonyl (C=O) groups excluding carboxylic acids is 2. The third-order valence-electron chi connectivity index (χ3n) is 4.77. The molecule has 8 nitrogen and oxygen atoms in total. The summed E-state index contributed by atoms with van der Waals surface area (Å²) in [5.74, 6) is 0.0670. The van der Waals surface area contributed by atoms with Crippen molar-refractivity contribution in [3.8, 4) is 5.75 Å². The van der Waals surface area contributed by atoms with E-state index >= 15 is 0 Å². The van der Waals surface area contributed by atoms with Crippen LogP contribution in [-0.2, 0) is 17.9 Å². The minimum atomic E-state index is -0.473. The molecular weight excluding hydrogens is 465 g/mol.